The highest BCUT2D eigenvalue weighted by Gasteiger charge is 2.12. The van der Waals surface area contributed by atoms with E-state index in [-0.39, 0.29) is 0 Å². The van der Waals surface area contributed by atoms with Crippen molar-refractivity contribution >= 4 is 5.97 Å². The van der Waals surface area contributed by atoms with Crippen molar-refractivity contribution in [3.05, 3.63) is 42.5 Å². The van der Waals surface area contributed by atoms with Gasteiger partial charge in [0.25, 0.3) is 0 Å². The van der Waals surface area contributed by atoms with Gasteiger partial charge in [-0.1, -0.05) is 24.8 Å². The van der Waals surface area contributed by atoms with Crippen LogP contribution >= 0.6 is 0 Å². The molecule has 0 aliphatic rings. The van der Waals surface area contributed by atoms with E-state index in [0.717, 1.165) is 5.56 Å². The van der Waals surface area contributed by atoms with Crippen LogP contribution in [0.2, 0.25) is 0 Å². The second-order valence-corrected chi connectivity index (χ2v) is 3.40. The molecule has 0 amide bonds. The van der Waals surface area contributed by atoms with Gasteiger partial charge >= 0.3 is 5.97 Å². The molecule has 0 radical (unpaired) electrons. The van der Waals surface area contributed by atoms with Crippen LogP contribution in [0.5, 0.6) is 5.75 Å². The molecule has 1 rings (SSSR count). The lowest BCUT2D eigenvalue weighted by atomic mass is 10.1. The normalized spacial score (nSPS) is 11.8. The second kappa shape index (κ2) is 5.92. The maximum Gasteiger partial charge on any atom is 0.320 e. The number of hydrogen-bond acceptors (Lipinski definition) is 3. The molecular weight excluding hydrogens is 206 g/mol. The molecule has 0 aliphatic carbocycles. The minimum atomic E-state index is -1.00. The van der Waals surface area contributed by atoms with Crippen LogP contribution in [0.3, 0.4) is 0 Å². The molecule has 0 aromatic heterocycles. The van der Waals surface area contributed by atoms with Crippen LogP contribution in [-0.2, 0) is 11.2 Å². The number of nitrogens with two attached hydrogens (primary N) is 1. The molecule has 0 aliphatic heterocycles. The SMILES string of the molecule is C=CCOc1cccc(CC(N)C(=O)O)c1. The summed E-state index contributed by atoms with van der Waals surface area (Å²) in [4.78, 5) is 10.6. The first-order valence-corrected chi connectivity index (χ1v) is 4.94. The number of hydrogen-bond donors (Lipinski definition) is 2. The fourth-order valence-electron chi connectivity index (χ4n) is 1.26. The van der Waals surface area contributed by atoms with Gasteiger partial charge in [-0.05, 0) is 24.1 Å². The predicted octanol–water partition coefficient (Wildman–Crippen LogP) is 1.21. The highest BCUT2D eigenvalue weighted by atomic mass is 16.5. The van der Waals surface area contributed by atoms with Crippen LogP contribution in [0.4, 0.5) is 0 Å². The summed E-state index contributed by atoms with van der Waals surface area (Å²) in [5.41, 5.74) is 6.29. The summed E-state index contributed by atoms with van der Waals surface area (Å²) >= 11 is 0. The average Bonchev–Trinajstić information content (AvgIpc) is 2.26. The molecule has 3 N–H and O–H groups in total. The first-order valence-electron chi connectivity index (χ1n) is 4.94. The summed E-state index contributed by atoms with van der Waals surface area (Å²) in [5.74, 6) is -0.313. The first-order chi connectivity index (χ1) is 7.63. The van der Waals surface area contributed by atoms with Crippen molar-refractivity contribution in [2.75, 3.05) is 6.61 Å². The molecule has 0 spiro atoms. The van der Waals surface area contributed by atoms with E-state index in [4.69, 9.17) is 15.6 Å². The topological polar surface area (TPSA) is 72.5 Å². The third kappa shape index (κ3) is 3.74. The molecule has 16 heavy (non-hydrogen) atoms. The molecule has 0 saturated heterocycles. The zero-order valence-corrected chi connectivity index (χ0v) is 8.93. The van der Waals surface area contributed by atoms with Crippen molar-refractivity contribution in [2.24, 2.45) is 5.73 Å². The molecule has 4 heteroatoms. The predicted molar refractivity (Wildman–Crippen MR) is 61.4 cm³/mol. The van der Waals surface area contributed by atoms with E-state index in [9.17, 15) is 4.79 Å². The minimum absolute atomic E-state index is 0.292. The zero-order valence-electron chi connectivity index (χ0n) is 8.93. The third-order valence-electron chi connectivity index (χ3n) is 2.04. The highest BCUT2D eigenvalue weighted by Crippen LogP contribution is 2.14. The van der Waals surface area contributed by atoms with Crippen LogP contribution in [-0.4, -0.2) is 23.7 Å². The van der Waals surface area contributed by atoms with Crippen LogP contribution < -0.4 is 10.5 Å². The largest absolute Gasteiger partial charge is 0.490 e. The number of rotatable bonds is 6. The molecule has 1 unspecified atom stereocenters. The summed E-state index contributed by atoms with van der Waals surface area (Å²) in [6, 6.07) is 6.34. The molecule has 0 bridgehead atoms. The van der Waals surface area contributed by atoms with E-state index in [0.29, 0.717) is 18.8 Å². The third-order valence-corrected chi connectivity index (χ3v) is 2.04. The standard InChI is InChI=1S/C12H15NO3/c1-2-6-16-10-5-3-4-9(7-10)8-11(13)12(14)15/h2-5,7,11H,1,6,8,13H2,(H,14,15). The Bertz CT molecular complexity index is 376. The Morgan fingerprint density at radius 1 is 1.62 bits per heavy atom. The molecule has 1 atom stereocenters. The van der Waals surface area contributed by atoms with E-state index < -0.39 is 12.0 Å². The lowest BCUT2D eigenvalue weighted by Gasteiger charge is -2.08. The average molecular weight is 221 g/mol. The van der Waals surface area contributed by atoms with E-state index in [1.165, 1.54) is 0 Å². The van der Waals surface area contributed by atoms with E-state index in [1.807, 2.05) is 12.1 Å². The Morgan fingerprint density at radius 2 is 2.38 bits per heavy atom. The van der Waals surface area contributed by atoms with Gasteiger partial charge in [-0.25, -0.2) is 0 Å². The lowest BCUT2D eigenvalue weighted by Crippen LogP contribution is -2.32. The van der Waals surface area contributed by atoms with Crippen molar-refractivity contribution in [3.8, 4) is 5.75 Å². The van der Waals surface area contributed by atoms with Gasteiger partial charge in [-0.15, -0.1) is 0 Å². The van der Waals surface area contributed by atoms with Gasteiger partial charge in [0, 0.05) is 0 Å². The number of ether oxygens (including phenoxy) is 1. The Morgan fingerprint density at radius 3 is 3.00 bits per heavy atom. The van der Waals surface area contributed by atoms with Gasteiger partial charge < -0.3 is 15.6 Å². The highest BCUT2D eigenvalue weighted by molar-refractivity contribution is 5.73. The Hall–Kier alpha value is -1.81. The maximum absolute atomic E-state index is 10.6. The molecule has 0 saturated carbocycles. The fraction of sp³-hybridized carbons (Fsp3) is 0.250. The van der Waals surface area contributed by atoms with Crippen molar-refractivity contribution < 1.29 is 14.6 Å². The van der Waals surface area contributed by atoms with Crippen LogP contribution in [0, 0.1) is 0 Å². The smallest absolute Gasteiger partial charge is 0.320 e. The summed E-state index contributed by atoms with van der Waals surface area (Å²) in [6.45, 7) is 3.97. The second-order valence-electron chi connectivity index (χ2n) is 3.40. The van der Waals surface area contributed by atoms with Crippen LogP contribution in [0.15, 0.2) is 36.9 Å². The van der Waals surface area contributed by atoms with Gasteiger partial charge in [0.05, 0.1) is 0 Å². The van der Waals surface area contributed by atoms with E-state index in [2.05, 4.69) is 6.58 Å². The summed E-state index contributed by atoms with van der Waals surface area (Å²) in [7, 11) is 0. The molecular formula is C12H15NO3. The minimum Gasteiger partial charge on any atom is -0.490 e. The molecule has 0 fully saturated rings. The molecule has 86 valence electrons. The first kappa shape index (κ1) is 12.3. The summed E-state index contributed by atoms with van der Waals surface area (Å²) in [5, 5.41) is 8.68. The van der Waals surface area contributed by atoms with Gasteiger partial charge in [0.15, 0.2) is 0 Å². The van der Waals surface area contributed by atoms with Crippen LogP contribution in [0.1, 0.15) is 5.56 Å². The van der Waals surface area contributed by atoms with Gasteiger partial charge in [0.1, 0.15) is 18.4 Å². The van der Waals surface area contributed by atoms with Crippen molar-refractivity contribution in [2.45, 2.75) is 12.5 Å². The Balaban J connectivity index is 2.66. The van der Waals surface area contributed by atoms with Crippen LogP contribution in [0.25, 0.3) is 0 Å². The van der Waals surface area contributed by atoms with E-state index in [1.54, 1.807) is 18.2 Å². The molecule has 4 nitrogen and oxygen atoms in total. The molecule has 1 aromatic rings. The monoisotopic (exact) mass is 221 g/mol. The van der Waals surface area contributed by atoms with Gasteiger partial charge in [-0.2, -0.15) is 0 Å². The van der Waals surface area contributed by atoms with Crippen molar-refractivity contribution in [1.82, 2.24) is 0 Å². The number of carbonyl (C=O) groups is 1. The summed E-state index contributed by atoms with van der Waals surface area (Å²) in [6.07, 6.45) is 1.94. The number of aliphatic carboxylic acids is 1. The van der Waals surface area contributed by atoms with Gasteiger partial charge in [0.2, 0.25) is 0 Å². The maximum atomic E-state index is 10.6. The van der Waals surface area contributed by atoms with Crippen molar-refractivity contribution in [1.29, 1.82) is 0 Å². The van der Waals surface area contributed by atoms with Crippen molar-refractivity contribution in [3.63, 3.8) is 0 Å². The zero-order chi connectivity index (χ0) is 12.0. The molecule has 0 heterocycles. The Kier molecular flexibility index (Phi) is 4.54. The fourth-order valence-corrected chi connectivity index (χ4v) is 1.26. The molecule has 1 aromatic carbocycles. The number of carboxylic acids is 1. The summed E-state index contributed by atoms with van der Waals surface area (Å²) < 4.78 is 5.33. The quantitative estimate of drug-likeness (QED) is 0.708. The number of benzene rings is 1. The number of carboxylic acid groups (broad SMARTS) is 1. The Labute approximate surface area is 94.3 Å². The van der Waals surface area contributed by atoms with E-state index >= 15 is 0 Å². The lowest BCUT2D eigenvalue weighted by molar-refractivity contribution is -0.138. The van der Waals surface area contributed by atoms with Gasteiger partial charge in [-0.3, -0.25) is 4.79 Å².